The van der Waals surface area contributed by atoms with Gasteiger partial charge >= 0.3 is 0 Å². The minimum Gasteiger partial charge on any atom is -0.507 e. The summed E-state index contributed by atoms with van der Waals surface area (Å²) in [5, 5.41) is 9.83. The third-order valence-corrected chi connectivity index (χ3v) is 4.55. The minimum absolute atomic E-state index is 0.228. The third-order valence-electron chi connectivity index (χ3n) is 4.06. The van der Waals surface area contributed by atoms with Crippen LogP contribution in [0.1, 0.15) is 5.56 Å². The molecule has 1 aliphatic rings. The van der Waals surface area contributed by atoms with Crippen molar-refractivity contribution in [2.75, 3.05) is 38.1 Å². The number of benzene rings is 2. The van der Waals surface area contributed by atoms with Crippen LogP contribution >= 0.6 is 15.9 Å². The molecule has 0 aliphatic carbocycles. The Morgan fingerprint density at radius 2 is 1.74 bits per heavy atom. The quantitative estimate of drug-likeness (QED) is 0.834. The first kappa shape index (κ1) is 16.0. The number of aromatic hydroxyl groups is 1. The molecule has 0 atom stereocenters. The van der Waals surface area contributed by atoms with E-state index in [0.717, 1.165) is 36.3 Å². The second kappa shape index (κ2) is 7.15. The number of nitrogens with zero attached hydrogens (tertiary/aromatic N) is 3. The molecule has 2 aromatic rings. The lowest BCUT2D eigenvalue weighted by Gasteiger charge is -2.34. The van der Waals surface area contributed by atoms with Crippen molar-refractivity contribution in [1.82, 2.24) is 4.90 Å². The molecule has 1 aliphatic heterocycles. The minimum atomic E-state index is 0.228. The second-order valence-corrected chi connectivity index (χ2v) is 6.68. The molecule has 1 heterocycles. The van der Waals surface area contributed by atoms with Gasteiger partial charge in [0, 0.05) is 48.1 Å². The summed E-state index contributed by atoms with van der Waals surface area (Å²) in [6, 6.07) is 13.5. The molecule has 1 N–H and O–H groups in total. The number of anilines is 1. The van der Waals surface area contributed by atoms with Gasteiger partial charge in [0.15, 0.2) is 0 Å². The zero-order chi connectivity index (χ0) is 16.2. The number of hydrogen-bond acceptors (Lipinski definition) is 4. The maximum absolute atomic E-state index is 9.83. The highest BCUT2D eigenvalue weighted by molar-refractivity contribution is 9.10. The van der Waals surface area contributed by atoms with Crippen molar-refractivity contribution >= 4 is 33.5 Å². The van der Waals surface area contributed by atoms with Crippen LogP contribution in [0.25, 0.3) is 0 Å². The van der Waals surface area contributed by atoms with Gasteiger partial charge in [0.2, 0.25) is 0 Å². The van der Waals surface area contributed by atoms with E-state index in [1.807, 2.05) is 18.2 Å². The summed E-state index contributed by atoms with van der Waals surface area (Å²) in [6.45, 7) is 4.32. The maximum atomic E-state index is 9.83. The molecule has 1 saturated heterocycles. The van der Waals surface area contributed by atoms with Crippen molar-refractivity contribution in [2.45, 2.75) is 0 Å². The fourth-order valence-electron chi connectivity index (χ4n) is 2.59. The lowest BCUT2D eigenvalue weighted by atomic mass is 10.2. The normalized spacial score (nSPS) is 16.2. The smallest absolute Gasteiger partial charge is 0.124 e. The lowest BCUT2D eigenvalue weighted by molar-refractivity contribution is 0.313. The van der Waals surface area contributed by atoms with E-state index in [1.165, 1.54) is 5.69 Å². The first-order chi connectivity index (χ1) is 11.1. The maximum Gasteiger partial charge on any atom is 0.124 e. The molecule has 0 spiro atoms. The van der Waals surface area contributed by atoms with Crippen molar-refractivity contribution in [3.05, 3.63) is 52.5 Å². The van der Waals surface area contributed by atoms with Gasteiger partial charge in [-0.3, -0.25) is 4.99 Å². The van der Waals surface area contributed by atoms with Gasteiger partial charge in [0.05, 0.1) is 5.69 Å². The van der Waals surface area contributed by atoms with Crippen molar-refractivity contribution in [2.24, 2.45) is 4.99 Å². The molecule has 0 amide bonds. The number of aliphatic imine (C=N–C) groups is 1. The van der Waals surface area contributed by atoms with Crippen LogP contribution in [-0.4, -0.2) is 49.4 Å². The summed E-state index contributed by atoms with van der Waals surface area (Å²) in [6.07, 6.45) is 1.69. The fraction of sp³-hybridized carbons (Fsp3) is 0.278. The molecular formula is C18H20BrN3O. The Morgan fingerprint density at radius 3 is 2.43 bits per heavy atom. The van der Waals surface area contributed by atoms with Gasteiger partial charge in [-0.1, -0.05) is 15.9 Å². The second-order valence-electron chi connectivity index (χ2n) is 5.77. The topological polar surface area (TPSA) is 39.1 Å². The van der Waals surface area contributed by atoms with Gasteiger partial charge in [0.1, 0.15) is 5.75 Å². The molecule has 1 fully saturated rings. The summed E-state index contributed by atoms with van der Waals surface area (Å²) in [4.78, 5) is 9.19. The molecule has 23 heavy (non-hydrogen) atoms. The number of rotatable bonds is 3. The van der Waals surface area contributed by atoms with E-state index < -0.39 is 0 Å². The number of halogens is 1. The highest BCUT2D eigenvalue weighted by Gasteiger charge is 2.13. The van der Waals surface area contributed by atoms with Crippen LogP contribution in [0.4, 0.5) is 11.4 Å². The Kier molecular flexibility index (Phi) is 4.98. The Balaban J connectivity index is 1.70. The molecule has 4 nitrogen and oxygen atoms in total. The zero-order valence-corrected chi connectivity index (χ0v) is 14.7. The molecular weight excluding hydrogens is 354 g/mol. The van der Waals surface area contributed by atoms with E-state index in [2.05, 4.69) is 49.9 Å². The Hall–Kier alpha value is -1.85. The number of likely N-dealkylation sites (N-methyl/N-ethyl adjacent to an activating group) is 1. The molecule has 3 rings (SSSR count). The Labute approximate surface area is 145 Å². The highest BCUT2D eigenvalue weighted by Crippen LogP contribution is 2.23. The third kappa shape index (κ3) is 4.12. The largest absolute Gasteiger partial charge is 0.507 e. The standard InChI is InChI=1S/C18H20BrN3O/c1-21-8-10-22(11-9-21)17-5-3-16(4-6-17)20-13-14-12-15(19)2-7-18(14)23/h2-7,12-13,23H,8-11H2,1H3. The number of phenolic OH excluding ortho intramolecular Hbond substituents is 1. The molecule has 0 aromatic heterocycles. The summed E-state index contributed by atoms with van der Waals surface area (Å²) in [5.41, 5.74) is 2.81. The molecule has 2 aromatic carbocycles. The Morgan fingerprint density at radius 1 is 1.04 bits per heavy atom. The average Bonchev–Trinajstić information content (AvgIpc) is 2.57. The van der Waals surface area contributed by atoms with E-state index in [1.54, 1.807) is 18.3 Å². The summed E-state index contributed by atoms with van der Waals surface area (Å²) >= 11 is 3.40. The van der Waals surface area contributed by atoms with Gasteiger partial charge in [-0.25, -0.2) is 0 Å². The molecule has 120 valence electrons. The van der Waals surface area contributed by atoms with Crippen LogP contribution in [0.2, 0.25) is 0 Å². The van der Waals surface area contributed by atoms with E-state index in [4.69, 9.17) is 0 Å². The van der Waals surface area contributed by atoms with Crippen LogP contribution in [0.3, 0.4) is 0 Å². The SMILES string of the molecule is CN1CCN(c2ccc(N=Cc3cc(Br)ccc3O)cc2)CC1. The fourth-order valence-corrected chi connectivity index (χ4v) is 2.97. The van der Waals surface area contributed by atoms with E-state index >= 15 is 0 Å². The first-order valence-electron chi connectivity index (χ1n) is 7.68. The molecule has 0 radical (unpaired) electrons. The van der Waals surface area contributed by atoms with Gasteiger partial charge in [-0.05, 0) is 49.5 Å². The molecule has 0 unspecified atom stereocenters. The van der Waals surface area contributed by atoms with E-state index in [0.29, 0.717) is 5.56 Å². The van der Waals surface area contributed by atoms with Crippen LogP contribution in [0.5, 0.6) is 5.75 Å². The molecule has 0 bridgehead atoms. The summed E-state index contributed by atoms with van der Waals surface area (Å²) < 4.78 is 0.919. The lowest BCUT2D eigenvalue weighted by Crippen LogP contribution is -2.44. The van der Waals surface area contributed by atoms with Crippen LogP contribution in [0, 0.1) is 0 Å². The average molecular weight is 374 g/mol. The first-order valence-corrected chi connectivity index (χ1v) is 8.47. The monoisotopic (exact) mass is 373 g/mol. The van der Waals surface area contributed by atoms with E-state index in [-0.39, 0.29) is 5.75 Å². The van der Waals surface area contributed by atoms with Crippen LogP contribution in [-0.2, 0) is 0 Å². The van der Waals surface area contributed by atoms with Crippen molar-refractivity contribution in [3.8, 4) is 5.75 Å². The van der Waals surface area contributed by atoms with Crippen molar-refractivity contribution in [1.29, 1.82) is 0 Å². The summed E-state index contributed by atoms with van der Waals surface area (Å²) in [5.74, 6) is 0.228. The zero-order valence-electron chi connectivity index (χ0n) is 13.1. The predicted molar refractivity (Wildman–Crippen MR) is 99.2 cm³/mol. The predicted octanol–water partition coefficient (Wildman–Crippen LogP) is 3.66. The van der Waals surface area contributed by atoms with Gasteiger partial charge in [0.25, 0.3) is 0 Å². The van der Waals surface area contributed by atoms with Crippen molar-refractivity contribution in [3.63, 3.8) is 0 Å². The van der Waals surface area contributed by atoms with Gasteiger partial charge in [-0.2, -0.15) is 0 Å². The van der Waals surface area contributed by atoms with Gasteiger partial charge in [-0.15, -0.1) is 0 Å². The van der Waals surface area contributed by atoms with Crippen molar-refractivity contribution < 1.29 is 5.11 Å². The Bertz CT molecular complexity index is 692. The molecule has 5 heteroatoms. The number of piperazine rings is 1. The highest BCUT2D eigenvalue weighted by atomic mass is 79.9. The van der Waals surface area contributed by atoms with E-state index in [9.17, 15) is 5.11 Å². The number of phenols is 1. The van der Waals surface area contributed by atoms with Crippen LogP contribution < -0.4 is 4.90 Å². The molecule has 0 saturated carbocycles. The van der Waals surface area contributed by atoms with Crippen LogP contribution in [0.15, 0.2) is 51.9 Å². The number of hydrogen-bond donors (Lipinski definition) is 1. The van der Waals surface area contributed by atoms with Gasteiger partial charge < -0.3 is 14.9 Å². The summed E-state index contributed by atoms with van der Waals surface area (Å²) in [7, 11) is 2.16.